The second kappa shape index (κ2) is 3.79. The van der Waals surface area contributed by atoms with Gasteiger partial charge in [-0.2, -0.15) is 0 Å². The highest BCUT2D eigenvalue weighted by atomic mass is 35.5. The maximum absolute atomic E-state index is 6.06. The highest BCUT2D eigenvalue weighted by Crippen LogP contribution is 2.33. The van der Waals surface area contributed by atoms with Crippen LogP contribution in [-0.4, -0.2) is 4.98 Å². The summed E-state index contributed by atoms with van der Waals surface area (Å²) in [6.45, 7) is 0. The van der Waals surface area contributed by atoms with E-state index in [2.05, 4.69) is 4.98 Å². The van der Waals surface area contributed by atoms with Crippen LogP contribution in [0.2, 0.25) is 5.02 Å². The first-order chi connectivity index (χ1) is 8.25. The van der Waals surface area contributed by atoms with Crippen LogP contribution in [0.5, 0.6) is 0 Å². The van der Waals surface area contributed by atoms with Gasteiger partial charge in [0.2, 0.25) is 0 Å². The molecule has 0 fully saturated rings. The number of benzene rings is 1. The fraction of sp³-hybridized carbons (Fsp3) is 0. The summed E-state index contributed by atoms with van der Waals surface area (Å²) in [5, 5.41) is 1.56. The second-order valence-electron chi connectivity index (χ2n) is 3.73. The average molecular weight is 245 g/mol. The summed E-state index contributed by atoms with van der Waals surface area (Å²) >= 11 is 6.06. The normalized spacial score (nSPS) is 10.9. The third-order valence-electron chi connectivity index (χ3n) is 2.61. The molecule has 0 aliphatic heterocycles. The Bertz CT molecular complexity index is 691. The van der Waals surface area contributed by atoms with Gasteiger partial charge >= 0.3 is 0 Å². The number of halogens is 1. The third-order valence-corrected chi connectivity index (χ3v) is 2.91. The molecule has 0 spiro atoms. The maximum Gasteiger partial charge on any atom is 0.153 e. The quantitative estimate of drug-likeness (QED) is 0.710. The molecular weight excluding hydrogens is 236 g/mol. The maximum atomic E-state index is 6.06. The van der Waals surface area contributed by atoms with E-state index in [9.17, 15) is 0 Å². The number of para-hydroxylation sites is 1. The first-order valence-electron chi connectivity index (χ1n) is 5.13. The van der Waals surface area contributed by atoms with E-state index in [1.54, 1.807) is 18.5 Å². The topological polar surface area (TPSA) is 52.0 Å². The molecule has 84 valence electrons. The highest BCUT2D eigenvalue weighted by molar-refractivity contribution is 6.34. The molecule has 0 bridgehead atoms. The van der Waals surface area contributed by atoms with Gasteiger partial charge in [-0.25, -0.2) is 0 Å². The van der Waals surface area contributed by atoms with Crippen LogP contribution >= 0.6 is 11.6 Å². The average Bonchev–Trinajstić information content (AvgIpc) is 2.75. The van der Waals surface area contributed by atoms with Crippen molar-refractivity contribution in [2.45, 2.75) is 0 Å². The third kappa shape index (κ3) is 1.65. The van der Waals surface area contributed by atoms with Crippen molar-refractivity contribution in [1.82, 2.24) is 4.98 Å². The number of aromatic nitrogens is 1. The Morgan fingerprint density at radius 1 is 1.24 bits per heavy atom. The van der Waals surface area contributed by atoms with Gasteiger partial charge in [-0.3, -0.25) is 4.98 Å². The summed E-state index contributed by atoms with van der Waals surface area (Å²) in [6.07, 6.45) is 3.28. The van der Waals surface area contributed by atoms with Crippen LogP contribution in [0, 0.1) is 0 Å². The Hall–Kier alpha value is -2.00. The molecule has 3 nitrogen and oxygen atoms in total. The van der Waals surface area contributed by atoms with Crippen molar-refractivity contribution in [3.05, 3.63) is 47.7 Å². The van der Waals surface area contributed by atoms with Crippen molar-refractivity contribution < 1.29 is 4.42 Å². The summed E-state index contributed by atoms with van der Waals surface area (Å²) in [4.78, 5) is 3.95. The summed E-state index contributed by atoms with van der Waals surface area (Å²) in [7, 11) is 0. The molecule has 0 saturated carbocycles. The van der Waals surface area contributed by atoms with Gasteiger partial charge in [0.05, 0.1) is 16.9 Å². The van der Waals surface area contributed by atoms with E-state index in [-0.39, 0.29) is 0 Å². The van der Waals surface area contributed by atoms with Gasteiger partial charge in [0.1, 0.15) is 5.76 Å². The van der Waals surface area contributed by atoms with Crippen LogP contribution in [0.1, 0.15) is 0 Å². The molecule has 0 saturated heterocycles. The molecular formula is C13H9ClN2O. The molecule has 0 amide bonds. The lowest BCUT2D eigenvalue weighted by Gasteiger charge is -1.99. The minimum absolute atomic E-state index is 0.586. The van der Waals surface area contributed by atoms with Gasteiger partial charge in [0, 0.05) is 17.1 Å². The lowest BCUT2D eigenvalue weighted by atomic mass is 10.1. The van der Waals surface area contributed by atoms with Gasteiger partial charge < -0.3 is 10.2 Å². The summed E-state index contributed by atoms with van der Waals surface area (Å²) in [6, 6.07) is 9.38. The van der Waals surface area contributed by atoms with Crippen molar-refractivity contribution in [2.75, 3.05) is 5.73 Å². The zero-order valence-corrected chi connectivity index (χ0v) is 9.61. The molecule has 2 N–H and O–H groups in total. The van der Waals surface area contributed by atoms with E-state index in [0.29, 0.717) is 22.1 Å². The Morgan fingerprint density at radius 3 is 2.88 bits per heavy atom. The highest BCUT2D eigenvalue weighted by Gasteiger charge is 2.10. The van der Waals surface area contributed by atoms with Crippen LogP contribution in [0.15, 0.2) is 47.1 Å². The minimum atomic E-state index is 0.586. The van der Waals surface area contributed by atoms with E-state index >= 15 is 0 Å². The van der Waals surface area contributed by atoms with Crippen molar-refractivity contribution in [3.63, 3.8) is 0 Å². The fourth-order valence-electron chi connectivity index (χ4n) is 1.79. The lowest BCUT2D eigenvalue weighted by molar-refractivity contribution is 0.632. The number of furan rings is 1. The molecule has 0 aliphatic carbocycles. The van der Waals surface area contributed by atoms with Crippen molar-refractivity contribution in [1.29, 1.82) is 0 Å². The van der Waals surface area contributed by atoms with Gasteiger partial charge in [-0.05, 0) is 18.2 Å². The molecule has 0 radical (unpaired) electrons. The number of nitrogens with two attached hydrogens (primary N) is 1. The van der Waals surface area contributed by atoms with Crippen LogP contribution in [0.3, 0.4) is 0 Å². The number of fused-ring (bicyclic) bond motifs is 1. The molecule has 2 heterocycles. The Kier molecular flexibility index (Phi) is 2.27. The van der Waals surface area contributed by atoms with Crippen molar-refractivity contribution in [2.24, 2.45) is 0 Å². The molecule has 2 aromatic heterocycles. The monoisotopic (exact) mass is 244 g/mol. The van der Waals surface area contributed by atoms with E-state index in [4.69, 9.17) is 21.8 Å². The predicted molar refractivity (Wildman–Crippen MR) is 68.9 cm³/mol. The zero-order chi connectivity index (χ0) is 11.8. The number of hydrogen-bond acceptors (Lipinski definition) is 3. The number of nitrogens with zero attached hydrogens (tertiary/aromatic N) is 1. The lowest BCUT2D eigenvalue weighted by Crippen LogP contribution is -1.89. The number of nitrogen functional groups attached to an aromatic ring is 1. The summed E-state index contributed by atoms with van der Waals surface area (Å²) in [5.74, 6) is 0.702. The molecule has 3 aromatic rings. The minimum Gasteiger partial charge on any atom is -0.454 e. The van der Waals surface area contributed by atoms with Crippen LogP contribution in [0.4, 0.5) is 5.69 Å². The van der Waals surface area contributed by atoms with Crippen LogP contribution in [-0.2, 0) is 0 Å². The molecule has 1 aromatic carbocycles. The van der Waals surface area contributed by atoms with Gasteiger partial charge in [0.15, 0.2) is 5.58 Å². The number of hydrogen-bond donors (Lipinski definition) is 1. The van der Waals surface area contributed by atoms with Crippen LogP contribution in [0.25, 0.3) is 22.3 Å². The van der Waals surface area contributed by atoms with E-state index in [0.717, 1.165) is 10.9 Å². The van der Waals surface area contributed by atoms with Crippen molar-refractivity contribution >= 4 is 28.3 Å². The zero-order valence-electron chi connectivity index (χ0n) is 8.85. The van der Waals surface area contributed by atoms with Gasteiger partial charge in [-0.15, -0.1) is 0 Å². The van der Waals surface area contributed by atoms with E-state index in [1.807, 2.05) is 24.3 Å². The van der Waals surface area contributed by atoms with Gasteiger partial charge in [-0.1, -0.05) is 23.7 Å². The Balaban J connectivity index is 2.26. The largest absolute Gasteiger partial charge is 0.454 e. The van der Waals surface area contributed by atoms with E-state index in [1.165, 1.54) is 0 Å². The Morgan fingerprint density at radius 2 is 2.12 bits per heavy atom. The Labute approximate surface area is 103 Å². The van der Waals surface area contributed by atoms with Crippen molar-refractivity contribution in [3.8, 4) is 11.3 Å². The number of rotatable bonds is 1. The first kappa shape index (κ1) is 10.2. The van der Waals surface area contributed by atoms with Gasteiger partial charge in [0.25, 0.3) is 0 Å². The van der Waals surface area contributed by atoms with Crippen LogP contribution < -0.4 is 5.73 Å². The number of pyridine rings is 1. The second-order valence-corrected chi connectivity index (χ2v) is 4.14. The fourth-order valence-corrected chi connectivity index (χ4v) is 2.01. The molecule has 0 atom stereocenters. The predicted octanol–water partition coefficient (Wildman–Crippen LogP) is 3.73. The number of anilines is 1. The molecule has 0 aliphatic rings. The molecule has 0 unspecified atom stereocenters. The SMILES string of the molecule is Nc1cnccc1-c1cc2cccc(Cl)c2o1. The smallest absolute Gasteiger partial charge is 0.153 e. The molecule has 4 heteroatoms. The molecule has 17 heavy (non-hydrogen) atoms. The summed E-state index contributed by atoms with van der Waals surface area (Å²) < 4.78 is 5.73. The standard InChI is InChI=1S/C13H9ClN2O/c14-10-3-1-2-8-6-12(17-13(8)10)9-4-5-16-7-11(9)15/h1-7H,15H2. The first-order valence-corrected chi connectivity index (χ1v) is 5.51. The van der Waals surface area contributed by atoms with E-state index < -0.39 is 0 Å². The summed E-state index contributed by atoms with van der Waals surface area (Å²) in [5.41, 5.74) is 7.95. The molecule has 3 rings (SSSR count).